The number of benzene rings is 2. The molecule has 1 amide bonds. The van der Waals surface area contributed by atoms with Crippen LogP contribution >= 0.6 is 0 Å². The molecule has 0 bridgehead atoms. The number of hydrogen-bond donors (Lipinski definition) is 1. The lowest BCUT2D eigenvalue weighted by molar-refractivity contribution is -0.120. The highest BCUT2D eigenvalue weighted by Gasteiger charge is 2.22. The summed E-state index contributed by atoms with van der Waals surface area (Å²) in [5, 5.41) is 2.28. The Balaban J connectivity index is 2.12. The van der Waals surface area contributed by atoms with E-state index in [2.05, 4.69) is 5.32 Å². The monoisotopic (exact) mass is 382 g/mol. The highest BCUT2D eigenvalue weighted by Crippen LogP contribution is 2.31. The van der Waals surface area contributed by atoms with E-state index in [-0.39, 0.29) is 0 Å². The number of amides is 1. The zero-order chi connectivity index (χ0) is 20.1. The topological polar surface area (TPSA) is 50.8 Å². The minimum atomic E-state index is -1.63. The molecule has 0 aromatic heterocycles. The van der Waals surface area contributed by atoms with E-state index in [0.717, 1.165) is 17.7 Å². The molecule has 0 unspecified atom stereocenters. The number of halogens is 3. The Kier molecular flexibility index (Phi) is 6.68. The fraction of sp³-hybridized carbons (Fsp3) is 0.316. The van der Waals surface area contributed by atoms with Gasteiger partial charge in [-0.3, -0.25) is 9.69 Å². The highest BCUT2D eigenvalue weighted by atomic mass is 19.2. The van der Waals surface area contributed by atoms with Gasteiger partial charge in [-0.1, -0.05) is 12.1 Å². The van der Waals surface area contributed by atoms with Crippen LogP contribution in [0.4, 0.5) is 18.9 Å². The van der Waals surface area contributed by atoms with E-state index in [4.69, 9.17) is 9.47 Å². The number of anilines is 1. The van der Waals surface area contributed by atoms with Crippen LogP contribution in [0.15, 0.2) is 30.3 Å². The maximum absolute atomic E-state index is 13.7. The van der Waals surface area contributed by atoms with Crippen molar-refractivity contribution in [2.24, 2.45) is 0 Å². The summed E-state index contributed by atoms with van der Waals surface area (Å²) in [6.45, 7) is 1.95. The molecular weight excluding hydrogens is 361 g/mol. The first-order valence-electron chi connectivity index (χ1n) is 8.14. The third-order valence-corrected chi connectivity index (χ3v) is 4.24. The van der Waals surface area contributed by atoms with Crippen LogP contribution in [0, 0.1) is 17.5 Å². The number of methoxy groups -OCH3 is 2. The summed E-state index contributed by atoms with van der Waals surface area (Å²) in [4.78, 5) is 14.1. The van der Waals surface area contributed by atoms with Gasteiger partial charge in [-0.15, -0.1) is 0 Å². The standard InChI is InChI=1S/C19H21F3N2O3/c1-11(19(25)23-14-9-8-13(20)16(21)17(14)22)24(2)10-12-6-5-7-15(26-3)18(12)27-4/h5-9,11H,10H2,1-4H3,(H,23,25)/t11-/m1/s1. The minimum Gasteiger partial charge on any atom is -0.493 e. The van der Waals surface area contributed by atoms with E-state index in [0.29, 0.717) is 18.0 Å². The lowest BCUT2D eigenvalue weighted by Gasteiger charge is -2.25. The molecule has 1 N–H and O–H groups in total. The number of likely N-dealkylation sites (N-methyl/N-ethyl adjacent to an activating group) is 1. The molecule has 1 atom stereocenters. The number of nitrogens with zero attached hydrogens (tertiary/aromatic N) is 1. The molecule has 2 aromatic carbocycles. The van der Waals surface area contributed by atoms with Crippen molar-refractivity contribution in [1.82, 2.24) is 4.90 Å². The van der Waals surface area contributed by atoms with Crippen LogP contribution < -0.4 is 14.8 Å². The Labute approximate surface area is 155 Å². The zero-order valence-corrected chi connectivity index (χ0v) is 15.5. The first-order chi connectivity index (χ1) is 12.8. The summed E-state index contributed by atoms with van der Waals surface area (Å²) in [5.41, 5.74) is 0.371. The fourth-order valence-corrected chi connectivity index (χ4v) is 2.54. The summed E-state index contributed by atoms with van der Waals surface area (Å²) in [6.07, 6.45) is 0. The molecule has 27 heavy (non-hydrogen) atoms. The van der Waals surface area contributed by atoms with Gasteiger partial charge >= 0.3 is 0 Å². The Bertz CT molecular complexity index is 830. The molecule has 0 radical (unpaired) electrons. The van der Waals surface area contributed by atoms with Gasteiger partial charge in [-0.2, -0.15) is 0 Å². The number of carbonyl (C=O) groups excluding carboxylic acids is 1. The van der Waals surface area contributed by atoms with Crippen LogP contribution in [0.1, 0.15) is 12.5 Å². The molecule has 0 aliphatic carbocycles. The van der Waals surface area contributed by atoms with Gasteiger partial charge in [-0.05, 0) is 32.2 Å². The molecule has 5 nitrogen and oxygen atoms in total. The quantitative estimate of drug-likeness (QED) is 0.744. The van der Waals surface area contributed by atoms with E-state index in [9.17, 15) is 18.0 Å². The lowest BCUT2D eigenvalue weighted by Crippen LogP contribution is -2.39. The second kappa shape index (κ2) is 8.77. The summed E-state index contributed by atoms with van der Waals surface area (Å²) in [5.74, 6) is -3.84. The molecule has 0 fully saturated rings. The predicted octanol–water partition coefficient (Wildman–Crippen LogP) is 3.58. The third-order valence-electron chi connectivity index (χ3n) is 4.24. The van der Waals surface area contributed by atoms with E-state index < -0.39 is 35.1 Å². The minimum absolute atomic E-state index is 0.342. The molecule has 2 rings (SSSR count). The van der Waals surface area contributed by atoms with Crippen molar-refractivity contribution in [1.29, 1.82) is 0 Å². The van der Waals surface area contributed by atoms with Gasteiger partial charge in [0.2, 0.25) is 5.91 Å². The second-order valence-corrected chi connectivity index (χ2v) is 5.96. The average molecular weight is 382 g/mol. The van der Waals surface area contributed by atoms with Gasteiger partial charge in [0, 0.05) is 12.1 Å². The Morgan fingerprint density at radius 3 is 2.44 bits per heavy atom. The number of ether oxygens (including phenoxy) is 2. The molecule has 146 valence electrons. The number of hydrogen-bond acceptors (Lipinski definition) is 4. The summed E-state index contributed by atoms with van der Waals surface area (Å²) >= 11 is 0. The molecule has 0 spiro atoms. The van der Waals surface area contributed by atoms with Crippen molar-refractivity contribution >= 4 is 11.6 Å². The van der Waals surface area contributed by atoms with Crippen LogP contribution in [-0.2, 0) is 11.3 Å². The van der Waals surface area contributed by atoms with Crippen molar-refractivity contribution in [2.75, 3.05) is 26.6 Å². The summed E-state index contributed by atoms with van der Waals surface area (Å²) < 4.78 is 50.7. The number of para-hydroxylation sites is 1. The van der Waals surface area contributed by atoms with Crippen LogP contribution in [0.2, 0.25) is 0 Å². The molecule has 0 heterocycles. The first kappa shape index (κ1) is 20.6. The molecule has 0 saturated carbocycles. The van der Waals surface area contributed by atoms with Gasteiger partial charge in [0.1, 0.15) is 0 Å². The normalized spacial score (nSPS) is 12.0. The smallest absolute Gasteiger partial charge is 0.241 e. The Morgan fingerprint density at radius 1 is 1.11 bits per heavy atom. The second-order valence-electron chi connectivity index (χ2n) is 5.96. The zero-order valence-electron chi connectivity index (χ0n) is 15.5. The summed E-state index contributed by atoms with van der Waals surface area (Å²) in [6, 6.07) is 6.43. The van der Waals surface area contributed by atoms with Crippen molar-refractivity contribution < 1.29 is 27.4 Å². The number of rotatable bonds is 7. The number of nitrogens with one attached hydrogen (secondary N) is 1. The number of carbonyl (C=O) groups is 1. The SMILES string of the molecule is COc1cccc(CN(C)[C@H](C)C(=O)Nc2ccc(F)c(F)c2F)c1OC. The van der Waals surface area contributed by atoms with Gasteiger partial charge in [-0.25, -0.2) is 13.2 Å². The molecule has 0 aliphatic heterocycles. The Morgan fingerprint density at radius 2 is 1.81 bits per heavy atom. The van der Waals surface area contributed by atoms with Crippen molar-refractivity contribution in [3.8, 4) is 11.5 Å². The molecule has 2 aromatic rings. The van der Waals surface area contributed by atoms with E-state index in [1.807, 2.05) is 6.07 Å². The molecular formula is C19H21F3N2O3. The molecule has 0 aliphatic rings. The van der Waals surface area contributed by atoms with Crippen molar-refractivity contribution in [2.45, 2.75) is 19.5 Å². The van der Waals surface area contributed by atoms with Gasteiger partial charge in [0.15, 0.2) is 29.0 Å². The average Bonchev–Trinajstić information content (AvgIpc) is 2.67. The van der Waals surface area contributed by atoms with Gasteiger partial charge in [0.25, 0.3) is 0 Å². The van der Waals surface area contributed by atoms with Crippen LogP contribution in [0.5, 0.6) is 11.5 Å². The predicted molar refractivity (Wildman–Crippen MR) is 95.4 cm³/mol. The van der Waals surface area contributed by atoms with E-state index in [1.165, 1.54) is 14.2 Å². The molecule has 0 saturated heterocycles. The lowest BCUT2D eigenvalue weighted by atomic mass is 10.1. The van der Waals surface area contributed by atoms with Crippen LogP contribution in [-0.4, -0.2) is 38.1 Å². The van der Waals surface area contributed by atoms with Gasteiger partial charge in [0.05, 0.1) is 25.9 Å². The maximum atomic E-state index is 13.7. The largest absolute Gasteiger partial charge is 0.493 e. The third kappa shape index (κ3) is 4.51. The summed E-state index contributed by atoms with van der Waals surface area (Å²) in [7, 11) is 4.74. The van der Waals surface area contributed by atoms with Crippen molar-refractivity contribution in [3.05, 3.63) is 53.3 Å². The van der Waals surface area contributed by atoms with Gasteiger partial charge < -0.3 is 14.8 Å². The highest BCUT2D eigenvalue weighted by molar-refractivity contribution is 5.94. The molecule has 8 heteroatoms. The van der Waals surface area contributed by atoms with Crippen LogP contribution in [0.3, 0.4) is 0 Å². The first-order valence-corrected chi connectivity index (χ1v) is 8.14. The fourth-order valence-electron chi connectivity index (χ4n) is 2.54. The van der Waals surface area contributed by atoms with Crippen LogP contribution in [0.25, 0.3) is 0 Å². The van der Waals surface area contributed by atoms with Crippen molar-refractivity contribution in [3.63, 3.8) is 0 Å². The maximum Gasteiger partial charge on any atom is 0.241 e. The Hall–Kier alpha value is -2.74. The van der Waals surface area contributed by atoms with E-state index in [1.54, 1.807) is 31.0 Å². The van der Waals surface area contributed by atoms with E-state index >= 15 is 0 Å².